The lowest BCUT2D eigenvalue weighted by atomic mass is 9.93. The first kappa shape index (κ1) is 12.5. The van der Waals surface area contributed by atoms with Crippen molar-refractivity contribution in [3.63, 3.8) is 0 Å². The molecule has 0 aromatic heterocycles. The van der Waals surface area contributed by atoms with Crippen molar-refractivity contribution in [2.24, 2.45) is 11.7 Å². The molecule has 0 radical (unpaired) electrons. The van der Waals surface area contributed by atoms with Crippen molar-refractivity contribution < 1.29 is 4.79 Å². The first-order chi connectivity index (χ1) is 7.22. The Kier molecular flexibility index (Phi) is 5.65. The molecule has 0 saturated carbocycles. The van der Waals surface area contributed by atoms with Crippen LogP contribution < -0.4 is 11.1 Å². The predicted octanol–water partition coefficient (Wildman–Crippen LogP) is 0.183. The molecule has 1 aliphatic rings. The van der Waals surface area contributed by atoms with E-state index >= 15 is 0 Å². The lowest BCUT2D eigenvalue weighted by Crippen LogP contribution is -2.36. The standard InChI is InChI=1S/C11H23N3O/c1-13-5-2-6-14-7-3-10(4-8-14)9-11(12)15/h10,13H,2-9H2,1H3,(H2,12,15). The summed E-state index contributed by atoms with van der Waals surface area (Å²) in [6.45, 7) is 4.51. The molecule has 1 fully saturated rings. The third kappa shape index (κ3) is 5.14. The van der Waals surface area contributed by atoms with Gasteiger partial charge in [0.2, 0.25) is 5.91 Å². The molecule has 15 heavy (non-hydrogen) atoms. The molecule has 1 heterocycles. The molecule has 88 valence electrons. The number of carbonyl (C=O) groups is 1. The number of hydrogen-bond acceptors (Lipinski definition) is 3. The summed E-state index contributed by atoms with van der Waals surface area (Å²) in [4.78, 5) is 13.2. The van der Waals surface area contributed by atoms with Gasteiger partial charge in [-0.3, -0.25) is 4.79 Å². The van der Waals surface area contributed by atoms with Gasteiger partial charge in [0.1, 0.15) is 0 Å². The van der Waals surface area contributed by atoms with Crippen molar-refractivity contribution in [2.75, 3.05) is 33.2 Å². The Bertz CT molecular complexity index is 188. The SMILES string of the molecule is CNCCCN1CCC(CC(N)=O)CC1. The van der Waals surface area contributed by atoms with E-state index in [-0.39, 0.29) is 5.91 Å². The van der Waals surface area contributed by atoms with Crippen LogP contribution in [0.4, 0.5) is 0 Å². The number of nitrogens with two attached hydrogens (primary N) is 1. The molecule has 3 N–H and O–H groups in total. The molecule has 0 aliphatic carbocycles. The second-order valence-electron chi connectivity index (χ2n) is 4.41. The molecular formula is C11H23N3O. The molecule has 1 amide bonds. The van der Waals surface area contributed by atoms with E-state index in [9.17, 15) is 4.79 Å². The summed E-state index contributed by atoms with van der Waals surface area (Å²) in [6.07, 6.45) is 4.03. The fraction of sp³-hybridized carbons (Fsp3) is 0.909. The number of nitrogens with one attached hydrogen (secondary N) is 1. The van der Waals surface area contributed by atoms with E-state index in [1.54, 1.807) is 0 Å². The minimum absolute atomic E-state index is 0.149. The van der Waals surface area contributed by atoms with Gasteiger partial charge < -0.3 is 16.0 Å². The van der Waals surface area contributed by atoms with Crippen LogP contribution in [0.5, 0.6) is 0 Å². The number of hydrogen-bond donors (Lipinski definition) is 2. The Hall–Kier alpha value is -0.610. The van der Waals surface area contributed by atoms with E-state index < -0.39 is 0 Å². The van der Waals surface area contributed by atoms with E-state index in [0.717, 1.165) is 32.5 Å². The van der Waals surface area contributed by atoms with Gasteiger partial charge in [-0.05, 0) is 58.4 Å². The van der Waals surface area contributed by atoms with Gasteiger partial charge in [-0.1, -0.05) is 0 Å². The van der Waals surface area contributed by atoms with E-state index in [2.05, 4.69) is 10.2 Å². The van der Waals surface area contributed by atoms with Crippen LogP contribution in [0.3, 0.4) is 0 Å². The maximum Gasteiger partial charge on any atom is 0.217 e. The van der Waals surface area contributed by atoms with Gasteiger partial charge in [0.15, 0.2) is 0 Å². The van der Waals surface area contributed by atoms with E-state index in [0.29, 0.717) is 12.3 Å². The van der Waals surface area contributed by atoms with Crippen LogP contribution in [0.25, 0.3) is 0 Å². The highest BCUT2D eigenvalue weighted by molar-refractivity contribution is 5.73. The number of nitrogens with zero attached hydrogens (tertiary/aromatic N) is 1. The van der Waals surface area contributed by atoms with Crippen molar-refractivity contribution in [1.29, 1.82) is 0 Å². The fourth-order valence-corrected chi connectivity index (χ4v) is 2.18. The maximum atomic E-state index is 10.8. The first-order valence-electron chi connectivity index (χ1n) is 5.87. The number of primary amides is 1. The highest BCUT2D eigenvalue weighted by atomic mass is 16.1. The molecule has 0 bridgehead atoms. The molecular weight excluding hydrogens is 190 g/mol. The van der Waals surface area contributed by atoms with Crippen LogP contribution in [-0.4, -0.2) is 44.0 Å². The maximum absolute atomic E-state index is 10.8. The normalized spacial score (nSPS) is 19.3. The van der Waals surface area contributed by atoms with Gasteiger partial charge in [0.25, 0.3) is 0 Å². The topological polar surface area (TPSA) is 58.4 Å². The summed E-state index contributed by atoms with van der Waals surface area (Å²) in [5.74, 6) is 0.381. The quantitative estimate of drug-likeness (QED) is 0.619. The number of piperidine rings is 1. The van der Waals surface area contributed by atoms with Crippen molar-refractivity contribution in [2.45, 2.75) is 25.7 Å². The van der Waals surface area contributed by atoms with Gasteiger partial charge in [-0.2, -0.15) is 0 Å². The molecule has 0 aromatic carbocycles. The van der Waals surface area contributed by atoms with Crippen LogP contribution in [0.15, 0.2) is 0 Å². The van der Waals surface area contributed by atoms with Gasteiger partial charge in [0.05, 0.1) is 0 Å². The summed E-state index contributed by atoms with van der Waals surface area (Å²) in [6, 6.07) is 0. The van der Waals surface area contributed by atoms with Crippen molar-refractivity contribution in [1.82, 2.24) is 10.2 Å². The van der Waals surface area contributed by atoms with Gasteiger partial charge in [-0.15, -0.1) is 0 Å². The van der Waals surface area contributed by atoms with Gasteiger partial charge in [0, 0.05) is 6.42 Å². The smallest absolute Gasteiger partial charge is 0.217 e. The third-order valence-corrected chi connectivity index (χ3v) is 3.10. The van der Waals surface area contributed by atoms with Crippen molar-refractivity contribution >= 4 is 5.91 Å². The van der Waals surface area contributed by atoms with E-state index in [4.69, 9.17) is 5.73 Å². The molecule has 1 aliphatic heterocycles. The zero-order chi connectivity index (χ0) is 11.1. The lowest BCUT2D eigenvalue weighted by Gasteiger charge is -2.31. The summed E-state index contributed by atoms with van der Waals surface area (Å²) < 4.78 is 0. The molecule has 0 atom stereocenters. The van der Waals surface area contributed by atoms with Crippen molar-refractivity contribution in [3.05, 3.63) is 0 Å². The summed E-state index contributed by atoms with van der Waals surface area (Å²) in [5.41, 5.74) is 5.20. The molecule has 0 unspecified atom stereocenters. The highest BCUT2D eigenvalue weighted by Gasteiger charge is 2.19. The third-order valence-electron chi connectivity index (χ3n) is 3.10. The molecule has 0 spiro atoms. The van der Waals surface area contributed by atoms with E-state index in [1.807, 2.05) is 7.05 Å². The first-order valence-corrected chi connectivity index (χ1v) is 5.87. The zero-order valence-electron chi connectivity index (χ0n) is 9.67. The number of amides is 1. The Labute approximate surface area is 92.2 Å². The predicted molar refractivity (Wildman–Crippen MR) is 61.5 cm³/mol. The number of carbonyl (C=O) groups excluding carboxylic acids is 1. The minimum Gasteiger partial charge on any atom is -0.370 e. The summed E-state index contributed by atoms with van der Waals surface area (Å²) in [5, 5.41) is 3.15. The largest absolute Gasteiger partial charge is 0.370 e. The Balaban J connectivity index is 2.10. The average molecular weight is 213 g/mol. The van der Waals surface area contributed by atoms with Gasteiger partial charge in [-0.25, -0.2) is 0 Å². The molecule has 1 rings (SSSR count). The Morgan fingerprint density at radius 2 is 2.13 bits per heavy atom. The zero-order valence-corrected chi connectivity index (χ0v) is 9.67. The minimum atomic E-state index is -0.149. The van der Waals surface area contributed by atoms with Crippen LogP contribution in [0, 0.1) is 5.92 Å². The average Bonchev–Trinajstić information content (AvgIpc) is 2.20. The summed E-state index contributed by atoms with van der Waals surface area (Å²) >= 11 is 0. The van der Waals surface area contributed by atoms with Crippen LogP contribution in [0.2, 0.25) is 0 Å². The van der Waals surface area contributed by atoms with Crippen LogP contribution in [-0.2, 0) is 4.79 Å². The Morgan fingerprint density at radius 1 is 1.47 bits per heavy atom. The second kappa shape index (κ2) is 6.80. The van der Waals surface area contributed by atoms with Crippen LogP contribution in [0.1, 0.15) is 25.7 Å². The molecule has 0 aromatic rings. The Morgan fingerprint density at radius 3 is 2.67 bits per heavy atom. The highest BCUT2D eigenvalue weighted by Crippen LogP contribution is 2.19. The van der Waals surface area contributed by atoms with E-state index in [1.165, 1.54) is 13.0 Å². The lowest BCUT2D eigenvalue weighted by molar-refractivity contribution is -0.119. The van der Waals surface area contributed by atoms with Crippen molar-refractivity contribution in [3.8, 4) is 0 Å². The molecule has 4 nitrogen and oxygen atoms in total. The fourth-order valence-electron chi connectivity index (χ4n) is 2.18. The van der Waals surface area contributed by atoms with Gasteiger partial charge >= 0.3 is 0 Å². The monoisotopic (exact) mass is 213 g/mol. The molecule has 4 heteroatoms. The molecule has 1 saturated heterocycles. The second-order valence-corrected chi connectivity index (χ2v) is 4.41. The van der Waals surface area contributed by atoms with Crippen LogP contribution >= 0.6 is 0 Å². The summed E-state index contributed by atoms with van der Waals surface area (Å²) in [7, 11) is 1.99. The number of rotatable bonds is 6. The number of likely N-dealkylation sites (tertiary alicyclic amines) is 1.